The molecule has 2 aliphatic rings. The number of hydrogen-bond acceptors (Lipinski definition) is 8. The van der Waals surface area contributed by atoms with Crippen molar-refractivity contribution < 1.29 is 28.2 Å². The van der Waals surface area contributed by atoms with E-state index in [9.17, 15) is 14.4 Å². The molecule has 1 aliphatic heterocycles. The first-order valence-corrected chi connectivity index (χ1v) is 14.0. The summed E-state index contributed by atoms with van der Waals surface area (Å²) < 4.78 is 26.2. The number of carbonyl (C=O) groups excluding carboxylic acids is 3. The summed E-state index contributed by atoms with van der Waals surface area (Å²) in [6, 6.07) is 18.8. The fraction of sp³-hybridized carbons (Fsp3) is 0.258. The molecule has 1 aromatic heterocycles. The molecule has 7 nitrogen and oxygen atoms in total. The van der Waals surface area contributed by atoms with Crippen molar-refractivity contribution in [3.05, 3.63) is 111 Å². The Hall–Kier alpha value is -4.24. The number of rotatable bonds is 7. The highest BCUT2D eigenvalue weighted by Gasteiger charge is 2.52. The second-order valence-electron chi connectivity index (χ2n) is 9.43. The Morgan fingerprint density at radius 1 is 1.00 bits per heavy atom. The number of para-hydroxylation sites is 1. The topological polar surface area (TPSA) is 98.9 Å². The molecule has 40 heavy (non-hydrogen) atoms. The predicted molar refractivity (Wildman–Crippen MR) is 150 cm³/mol. The van der Waals surface area contributed by atoms with Crippen LogP contribution in [0.15, 0.2) is 94.8 Å². The standard InChI is InChI=1S/C31H29FN2O5S/c1-3-38-30(36)25-20(23-15-10-16-40-23)17-22-26(28(25)35)24(19-13-8-9-14-21(19)32)27(31(37)39-4-2)29(33)34(22)18-11-6-5-7-12-18/h5-16,20,24-25H,3-4,17,33H2,1-2H3/t20-,24-,25-/m1/s1. The zero-order chi connectivity index (χ0) is 28.4. The molecule has 0 unspecified atom stereocenters. The minimum Gasteiger partial charge on any atom is -0.465 e. The highest BCUT2D eigenvalue weighted by Crippen LogP contribution is 2.52. The molecule has 0 fully saturated rings. The van der Waals surface area contributed by atoms with E-state index in [1.807, 2.05) is 47.8 Å². The maximum absolute atomic E-state index is 15.5. The Balaban J connectivity index is 1.82. The van der Waals surface area contributed by atoms with Crippen LogP contribution in [0.5, 0.6) is 0 Å². The SMILES string of the molecule is CCOC(=O)C1=C(N)N(c2ccccc2)C2=C(C(=O)[C@H](C(=O)OCC)[C@@H](c3cccs3)C2)[C@H]1c1ccccc1F. The number of ketones is 1. The van der Waals surface area contributed by atoms with E-state index in [0.717, 1.165) is 4.88 Å². The molecule has 0 saturated carbocycles. The molecule has 1 aliphatic carbocycles. The van der Waals surface area contributed by atoms with E-state index >= 15 is 4.39 Å². The first-order chi connectivity index (χ1) is 19.4. The third-order valence-electron chi connectivity index (χ3n) is 7.21. The molecule has 206 valence electrons. The Labute approximate surface area is 235 Å². The van der Waals surface area contributed by atoms with Gasteiger partial charge in [-0.05, 0) is 49.9 Å². The third kappa shape index (κ3) is 4.70. The highest BCUT2D eigenvalue weighted by atomic mass is 32.1. The van der Waals surface area contributed by atoms with E-state index in [0.29, 0.717) is 11.4 Å². The number of allylic oxidation sites excluding steroid dienone is 2. The van der Waals surface area contributed by atoms with Crippen molar-refractivity contribution in [3.63, 3.8) is 0 Å². The Bertz CT molecular complexity index is 1500. The molecule has 5 rings (SSSR count). The predicted octanol–water partition coefficient (Wildman–Crippen LogP) is 5.41. The van der Waals surface area contributed by atoms with Gasteiger partial charge in [0.1, 0.15) is 17.6 Å². The number of ether oxygens (including phenoxy) is 2. The summed E-state index contributed by atoms with van der Waals surface area (Å²) in [6.07, 6.45) is 0.238. The van der Waals surface area contributed by atoms with Crippen LogP contribution in [-0.4, -0.2) is 30.9 Å². The van der Waals surface area contributed by atoms with Crippen molar-refractivity contribution >= 4 is 34.7 Å². The fourth-order valence-corrected chi connectivity index (χ4v) is 6.47. The van der Waals surface area contributed by atoms with Crippen molar-refractivity contribution in [2.45, 2.75) is 32.1 Å². The summed E-state index contributed by atoms with van der Waals surface area (Å²) in [5, 5.41) is 1.89. The summed E-state index contributed by atoms with van der Waals surface area (Å²) in [4.78, 5) is 43.9. The summed E-state index contributed by atoms with van der Waals surface area (Å²) >= 11 is 1.44. The van der Waals surface area contributed by atoms with Crippen molar-refractivity contribution in [2.75, 3.05) is 18.1 Å². The first kappa shape index (κ1) is 27.3. The Morgan fingerprint density at radius 2 is 1.70 bits per heavy atom. The number of halogens is 1. The lowest BCUT2D eigenvalue weighted by atomic mass is 9.68. The van der Waals surface area contributed by atoms with Gasteiger partial charge in [0.25, 0.3) is 0 Å². The molecule has 2 N–H and O–H groups in total. The lowest BCUT2D eigenvalue weighted by Gasteiger charge is -2.43. The number of carbonyl (C=O) groups is 3. The molecule has 0 amide bonds. The lowest BCUT2D eigenvalue weighted by molar-refractivity contribution is -0.152. The van der Waals surface area contributed by atoms with Crippen LogP contribution >= 0.6 is 11.3 Å². The van der Waals surface area contributed by atoms with Gasteiger partial charge in [-0.3, -0.25) is 14.5 Å². The van der Waals surface area contributed by atoms with Crippen molar-refractivity contribution in [3.8, 4) is 0 Å². The number of nitrogens with two attached hydrogens (primary N) is 1. The second-order valence-corrected chi connectivity index (χ2v) is 10.4. The van der Waals surface area contributed by atoms with Crippen molar-refractivity contribution in [2.24, 2.45) is 11.7 Å². The third-order valence-corrected chi connectivity index (χ3v) is 8.22. The number of esters is 2. The van der Waals surface area contributed by atoms with E-state index in [2.05, 4.69) is 0 Å². The summed E-state index contributed by atoms with van der Waals surface area (Å²) in [5.74, 6) is -5.39. The first-order valence-electron chi connectivity index (χ1n) is 13.1. The van der Waals surface area contributed by atoms with Gasteiger partial charge in [0.05, 0.1) is 24.7 Å². The molecule has 3 aromatic rings. The van der Waals surface area contributed by atoms with Gasteiger partial charge in [-0.1, -0.05) is 42.5 Å². The van der Waals surface area contributed by atoms with Crippen molar-refractivity contribution in [1.29, 1.82) is 0 Å². The largest absolute Gasteiger partial charge is 0.465 e. The molecule has 0 spiro atoms. The molecule has 3 atom stereocenters. The summed E-state index contributed by atoms with van der Waals surface area (Å²) in [5.41, 5.74) is 8.08. The minimum absolute atomic E-state index is 0.0453. The van der Waals surface area contributed by atoms with Crippen LogP contribution in [-0.2, 0) is 23.9 Å². The zero-order valence-electron chi connectivity index (χ0n) is 22.1. The van der Waals surface area contributed by atoms with Gasteiger partial charge in [-0.25, -0.2) is 9.18 Å². The average Bonchev–Trinajstić information content (AvgIpc) is 3.48. The van der Waals surface area contributed by atoms with Crippen LogP contribution in [0.2, 0.25) is 0 Å². The highest BCUT2D eigenvalue weighted by molar-refractivity contribution is 7.10. The zero-order valence-corrected chi connectivity index (χ0v) is 23.0. The van der Waals surface area contributed by atoms with E-state index in [-0.39, 0.29) is 42.2 Å². The van der Waals surface area contributed by atoms with Crippen LogP contribution in [0.25, 0.3) is 0 Å². The average molecular weight is 561 g/mol. The number of nitrogens with zero attached hydrogens (tertiary/aromatic N) is 1. The van der Waals surface area contributed by atoms with E-state index in [1.54, 1.807) is 24.8 Å². The monoisotopic (exact) mass is 560 g/mol. The number of hydrogen-bond donors (Lipinski definition) is 1. The Morgan fingerprint density at radius 3 is 2.35 bits per heavy atom. The quantitative estimate of drug-likeness (QED) is 0.305. The maximum atomic E-state index is 15.5. The van der Waals surface area contributed by atoms with E-state index in [1.165, 1.54) is 29.5 Å². The van der Waals surface area contributed by atoms with Gasteiger partial charge < -0.3 is 15.2 Å². The maximum Gasteiger partial charge on any atom is 0.338 e. The van der Waals surface area contributed by atoms with Gasteiger partial charge in [-0.15, -0.1) is 11.3 Å². The Kier molecular flexibility index (Phi) is 7.84. The molecular formula is C31H29FN2O5S. The van der Waals surface area contributed by atoms with Crippen LogP contribution in [0.3, 0.4) is 0 Å². The van der Waals surface area contributed by atoms with E-state index in [4.69, 9.17) is 15.2 Å². The number of thiophene rings is 1. The summed E-state index contributed by atoms with van der Waals surface area (Å²) in [7, 11) is 0. The molecule has 9 heteroatoms. The van der Waals surface area contributed by atoms with Crippen LogP contribution in [0, 0.1) is 11.7 Å². The second kappa shape index (κ2) is 11.5. The molecular weight excluding hydrogens is 531 g/mol. The normalized spacial score (nSPS) is 20.8. The molecule has 0 radical (unpaired) electrons. The van der Waals surface area contributed by atoms with Gasteiger partial charge >= 0.3 is 11.9 Å². The summed E-state index contributed by atoms with van der Waals surface area (Å²) in [6.45, 7) is 3.48. The molecule has 0 saturated heterocycles. The van der Waals surface area contributed by atoms with Crippen LogP contribution in [0.4, 0.5) is 10.1 Å². The van der Waals surface area contributed by atoms with Gasteiger partial charge in [0, 0.05) is 33.3 Å². The van der Waals surface area contributed by atoms with Gasteiger partial charge in [-0.2, -0.15) is 0 Å². The van der Waals surface area contributed by atoms with Crippen LogP contribution in [0.1, 0.15) is 42.5 Å². The van der Waals surface area contributed by atoms with Gasteiger partial charge in [0.2, 0.25) is 0 Å². The molecule has 0 bridgehead atoms. The van der Waals surface area contributed by atoms with Crippen molar-refractivity contribution in [1.82, 2.24) is 0 Å². The number of anilines is 1. The number of Topliss-reactive ketones (excluding diaryl/α,β-unsaturated/α-hetero) is 1. The smallest absolute Gasteiger partial charge is 0.338 e. The minimum atomic E-state index is -1.18. The fourth-order valence-electron chi connectivity index (χ4n) is 5.60. The number of benzene rings is 2. The van der Waals surface area contributed by atoms with Crippen LogP contribution < -0.4 is 10.6 Å². The van der Waals surface area contributed by atoms with Gasteiger partial charge in [0.15, 0.2) is 5.78 Å². The molecule has 2 aromatic carbocycles. The van der Waals surface area contributed by atoms with E-state index < -0.39 is 41.3 Å². The lowest BCUT2D eigenvalue weighted by Crippen LogP contribution is -2.46. The molecule has 2 heterocycles.